The molecule has 7 heteroatoms. The Hall–Kier alpha value is -0.790. The number of methoxy groups -OCH3 is 1. The van der Waals surface area contributed by atoms with E-state index in [0.29, 0.717) is 18.3 Å². The molecule has 0 aliphatic heterocycles. The molecule has 0 aliphatic carbocycles. The standard InChI is InChI=1S/C9H15F2N3OS/c1-14(4-8(10)11)9-13-6(5-15-2)7(3-12)16-9/h8H,3-5,12H2,1-2H3. The predicted octanol–water partition coefficient (Wildman–Crippen LogP) is 1.45. The van der Waals surface area contributed by atoms with Crippen LogP contribution in [0.15, 0.2) is 0 Å². The summed E-state index contributed by atoms with van der Waals surface area (Å²) in [6.07, 6.45) is -2.37. The van der Waals surface area contributed by atoms with Crippen LogP contribution < -0.4 is 10.6 Å². The number of hydrogen-bond donors (Lipinski definition) is 1. The van der Waals surface area contributed by atoms with Gasteiger partial charge in [-0.3, -0.25) is 0 Å². The average Bonchev–Trinajstić information content (AvgIpc) is 2.61. The fourth-order valence-corrected chi connectivity index (χ4v) is 2.14. The summed E-state index contributed by atoms with van der Waals surface area (Å²) in [4.78, 5) is 6.53. The summed E-state index contributed by atoms with van der Waals surface area (Å²) in [6, 6.07) is 0. The van der Waals surface area contributed by atoms with E-state index in [1.807, 2.05) is 0 Å². The van der Waals surface area contributed by atoms with Gasteiger partial charge in [0.1, 0.15) is 0 Å². The van der Waals surface area contributed by atoms with Crippen molar-refractivity contribution in [2.24, 2.45) is 5.73 Å². The van der Waals surface area contributed by atoms with Crippen LogP contribution in [0.1, 0.15) is 10.6 Å². The van der Waals surface area contributed by atoms with Gasteiger partial charge in [-0.15, -0.1) is 11.3 Å². The average molecular weight is 251 g/mol. The highest BCUT2D eigenvalue weighted by atomic mass is 32.1. The number of aromatic nitrogens is 1. The van der Waals surface area contributed by atoms with Crippen molar-refractivity contribution in [2.45, 2.75) is 19.6 Å². The third-order valence-electron chi connectivity index (χ3n) is 1.97. The number of ether oxygens (including phenoxy) is 1. The smallest absolute Gasteiger partial charge is 0.255 e. The zero-order chi connectivity index (χ0) is 12.1. The zero-order valence-electron chi connectivity index (χ0n) is 9.24. The highest BCUT2D eigenvalue weighted by molar-refractivity contribution is 7.15. The maximum Gasteiger partial charge on any atom is 0.255 e. The van der Waals surface area contributed by atoms with Crippen molar-refractivity contribution in [3.63, 3.8) is 0 Å². The normalized spacial score (nSPS) is 11.1. The lowest BCUT2D eigenvalue weighted by Crippen LogP contribution is -2.23. The van der Waals surface area contributed by atoms with E-state index in [0.717, 1.165) is 10.6 Å². The Morgan fingerprint density at radius 3 is 2.75 bits per heavy atom. The number of hydrogen-bond acceptors (Lipinski definition) is 5. The second-order valence-corrected chi connectivity index (χ2v) is 4.34. The topological polar surface area (TPSA) is 51.4 Å². The molecular formula is C9H15F2N3OS. The van der Waals surface area contributed by atoms with Gasteiger partial charge in [-0.05, 0) is 0 Å². The second kappa shape index (κ2) is 6.07. The highest BCUT2D eigenvalue weighted by Crippen LogP contribution is 2.26. The Labute approximate surface area is 97.0 Å². The minimum absolute atomic E-state index is 0.329. The van der Waals surface area contributed by atoms with Crippen molar-refractivity contribution in [3.05, 3.63) is 10.6 Å². The van der Waals surface area contributed by atoms with Gasteiger partial charge in [-0.2, -0.15) is 0 Å². The first kappa shape index (κ1) is 13.3. The van der Waals surface area contributed by atoms with Crippen LogP contribution in [0.2, 0.25) is 0 Å². The van der Waals surface area contributed by atoms with Crippen molar-refractivity contribution < 1.29 is 13.5 Å². The fraction of sp³-hybridized carbons (Fsp3) is 0.667. The summed E-state index contributed by atoms with van der Waals surface area (Å²) in [6.45, 7) is 0.369. The Morgan fingerprint density at radius 2 is 2.25 bits per heavy atom. The number of anilines is 1. The second-order valence-electron chi connectivity index (χ2n) is 3.28. The van der Waals surface area contributed by atoms with Gasteiger partial charge in [0.05, 0.1) is 18.8 Å². The molecule has 0 atom stereocenters. The van der Waals surface area contributed by atoms with Crippen LogP contribution in [0.5, 0.6) is 0 Å². The first-order valence-electron chi connectivity index (χ1n) is 4.75. The first-order chi connectivity index (χ1) is 7.58. The molecule has 1 rings (SSSR count). The van der Waals surface area contributed by atoms with E-state index in [1.165, 1.54) is 16.2 Å². The minimum Gasteiger partial charge on any atom is -0.378 e. The van der Waals surface area contributed by atoms with Crippen molar-refractivity contribution in [3.8, 4) is 0 Å². The molecule has 1 heterocycles. The molecule has 0 saturated heterocycles. The van der Waals surface area contributed by atoms with Gasteiger partial charge >= 0.3 is 0 Å². The predicted molar refractivity (Wildman–Crippen MR) is 60.0 cm³/mol. The van der Waals surface area contributed by atoms with Crippen molar-refractivity contribution in [2.75, 3.05) is 25.6 Å². The Bertz CT molecular complexity index is 333. The summed E-state index contributed by atoms with van der Waals surface area (Å²) in [5.74, 6) is 0. The monoisotopic (exact) mass is 251 g/mol. The highest BCUT2D eigenvalue weighted by Gasteiger charge is 2.15. The van der Waals surface area contributed by atoms with Crippen LogP contribution in [-0.2, 0) is 17.9 Å². The number of nitrogens with two attached hydrogens (primary N) is 1. The molecule has 1 aromatic rings. The van der Waals surface area contributed by atoms with Gasteiger partial charge in [0.2, 0.25) is 0 Å². The van der Waals surface area contributed by atoms with Crippen LogP contribution in [0.25, 0.3) is 0 Å². The van der Waals surface area contributed by atoms with Gasteiger partial charge in [-0.25, -0.2) is 13.8 Å². The molecule has 0 saturated carbocycles. The summed E-state index contributed by atoms with van der Waals surface area (Å²) in [7, 11) is 3.14. The summed E-state index contributed by atoms with van der Waals surface area (Å²) >= 11 is 1.33. The Morgan fingerprint density at radius 1 is 1.56 bits per heavy atom. The number of thiazole rings is 1. The quantitative estimate of drug-likeness (QED) is 0.831. The SMILES string of the molecule is COCc1nc(N(C)CC(F)F)sc1CN. The molecule has 1 aromatic heterocycles. The molecule has 2 N–H and O–H groups in total. The maximum atomic E-state index is 12.2. The van der Waals surface area contributed by atoms with E-state index in [4.69, 9.17) is 10.5 Å². The molecule has 92 valence electrons. The molecule has 0 aromatic carbocycles. The van der Waals surface area contributed by atoms with Crippen molar-refractivity contribution >= 4 is 16.5 Å². The van der Waals surface area contributed by atoms with Gasteiger partial charge in [0.15, 0.2) is 5.13 Å². The summed E-state index contributed by atoms with van der Waals surface area (Å²) in [5.41, 5.74) is 6.27. The molecule has 0 unspecified atom stereocenters. The van der Waals surface area contributed by atoms with Crippen LogP contribution in [-0.4, -0.2) is 32.1 Å². The van der Waals surface area contributed by atoms with Crippen LogP contribution in [0.4, 0.5) is 13.9 Å². The molecule has 0 amide bonds. The minimum atomic E-state index is -2.37. The van der Waals surface area contributed by atoms with Crippen LogP contribution >= 0.6 is 11.3 Å². The molecule has 0 bridgehead atoms. The van der Waals surface area contributed by atoms with Gasteiger partial charge in [0.25, 0.3) is 6.43 Å². The van der Waals surface area contributed by atoms with E-state index < -0.39 is 6.43 Å². The van der Waals surface area contributed by atoms with E-state index in [9.17, 15) is 8.78 Å². The van der Waals surface area contributed by atoms with Gasteiger partial charge in [0, 0.05) is 25.6 Å². The Balaban J connectivity index is 2.80. The zero-order valence-corrected chi connectivity index (χ0v) is 10.1. The van der Waals surface area contributed by atoms with Crippen LogP contribution in [0.3, 0.4) is 0 Å². The Kier molecular flexibility index (Phi) is 5.04. The summed E-state index contributed by atoms with van der Waals surface area (Å²) in [5, 5.41) is 0.549. The molecule has 0 aliphatic rings. The third-order valence-corrected chi connectivity index (χ3v) is 3.21. The van der Waals surface area contributed by atoms with Crippen LogP contribution in [0, 0.1) is 0 Å². The van der Waals surface area contributed by atoms with Crippen molar-refractivity contribution in [1.82, 2.24) is 4.98 Å². The lowest BCUT2D eigenvalue weighted by Gasteiger charge is -2.14. The summed E-state index contributed by atoms with van der Waals surface area (Å²) < 4.78 is 29.4. The lowest BCUT2D eigenvalue weighted by atomic mass is 10.4. The molecule has 4 nitrogen and oxygen atoms in total. The van der Waals surface area contributed by atoms with E-state index in [2.05, 4.69) is 4.98 Å². The van der Waals surface area contributed by atoms with Gasteiger partial charge < -0.3 is 15.4 Å². The molecule has 0 radical (unpaired) electrons. The number of rotatable bonds is 6. The molecule has 0 spiro atoms. The van der Waals surface area contributed by atoms with E-state index in [1.54, 1.807) is 14.2 Å². The maximum absolute atomic E-state index is 12.2. The van der Waals surface area contributed by atoms with E-state index >= 15 is 0 Å². The van der Waals surface area contributed by atoms with E-state index in [-0.39, 0.29) is 6.54 Å². The first-order valence-corrected chi connectivity index (χ1v) is 5.57. The fourth-order valence-electron chi connectivity index (χ4n) is 1.23. The molecular weight excluding hydrogens is 236 g/mol. The molecule has 0 fully saturated rings. The third kappa shape index (κ3) is 3.36. The lowest BCUT2D eigenvalue weighted by molar-refractivity contribution is 0.156. The number of halogens is 2. The largest absolute Gasteiger partial charge is 0.378 e. The number of alkyl halides is 2. The van der Waals surface area contributed by atoms with Crippen molar-refractivity contribution in [1.29, 1.82) is 0 Å². The number of nitrogens with zero attached hydrogens (tertiary/aromatic N) is 2. The molecule has 16 heavy (non-hydrogen) atoms. The van der Waals surface area contributed by atoms with Gasteiger partial charge in [-0.1, -0.05) is 0 Å².